The molecule has 2 aromatic heterocycles. The van der Waals surface area contributed by atoms with Crippen molar-refractivity contribution in [2.45, 2.75) is 25.9 Å². The van der Waals surface area contributed by atoms with Gasteiger partial charge in [-0.15, -0.1) is 0 Å². The molecule has 184 valence electrons. The van der Waals surface area contributed by atoms with Crippen molar-refractivity contribution in [3.05, 3.63) is 117 Å². The predicted octanol–water partition coefficient (Wildman–Crippen LogP) is 5.22. The molecule has 0 aliphatic carbocycles. The molecule has 1 fully saturated rings. The van der Waals surface area contributed by atoms with Gasteiger partial charge in [0, 0.05) is 19.3 Å². The lowest BCUT2D eigenvalue weighted by Gasteiger charge is -2.30. The summed E-state index contributed by atoms with van der Waals surface area (Å²) in [5.74, 6) is 0.394. The van der Waals surface area contributed by atoms with E-state index in [1.54, 1.807) is 23.2 Å². The number of aromatic nitrogens is 2. The average molecular weight is 525 g/mol. The topological polar surface area (TPSA) is 57.9 Å². The van der Waals surface area contributed by atoms with E-state index in [-0.39, 0.29) is 17.5 Å². The third kappa shape index (κ3) is 4.26. The van der Waals surface area contributed by atoms with Gasteiger partial charge in [-0.25, -0.2) is 4.98 Å². The van der Waals surface area contributed by atoms with Crippen LogP contribution in [0, 0.1) is 0 Å². The Labute approximate surface area is 224 Å². The largest absolute Gasteiger partial charge is 0.351 e. The summed E-state index contributed by atoms with van der Waals surface area (Å²) in [5.41, 5.74) is 4.30. The van der Waals surface area contributed by atoms with E-state index in [1.165, 1.54) is 27.3 Å². The van der Waals surface area contributed by atoms with E-state index in [4.69, 9.17) is 17.2 Å². The molecule has 1 saturated heterocycles. The predicted molar refractivity (Wildman–Crippen MR) is 153 cm³/mol. The molecule has 0 unspecified atom stereocenters. The molecule has 0 N–H and O–H groups in total. The molecule has 6 nitrogen and oxygen atoms in total. The second-order valence-corrected chi connectivity index (χ2v) is 10.8. The van der Waals surface area contributed by atoms with Crippen molar-refractivity contribution in [1.82, 2.24) is 14.3 Å². The Morgan fingerprint density at radius 1 is 0.973 bits per heavy atom. The third-order valence-electron chi connectivity index (χ3n) is 6.95. The monoisotopic (exact) mass is 524 g/mol. The maximum atomic E-state index is 13.7. The minimum atomic E-state index is -0.214. The number of benzene rings is 2. The molecule has 2 aromatic carbocycles. The van der Waals surface area contributed by atoms with Crippen LogP contribution in [0.5, 0.6) is 0 Å². The third-order valence-corrected chi connectivity index (χ3v) is 8.28. The summed E-state index contributed by atoms with van der Waals surface area (Å²) >= 11 is 6.85. The molecule has 4 aromatic rings. The highest BCUT2D eigenvalue weighted by Gasteiger charge is 2.36. The Morgan fingerprint density at radius 2 is 1.70 bits per heavy atom. The van der Waals surface area contributed by atoms with Gasteiger partial charge < -0.3 is 4.90 Å². The number of carbonyl (C=O) groups is 1. The number of hydrogen-bond donors (Lipinski definition) is 0. The Balaban J connectivity index is 1.43. The molecule has 1 atom stereocenters. The smallest absolute Gasteiger partial charge is 0.267 e. The molecule has 0 bridgehead atoms. The lowest BCUT2D eigenvalue weighted by atomic mass is 9.99. The highest BCUT2D eigenvalue weighted by Crippen LogP contribution is 2.38. The molecule has 0 saturated carbocycles. The minimum absolute atomic E-state index is 0.196. The zero-order valence-corrected chi connectivity index (χ0v) is 21.8. The highest BCUT2D eigenvalue weighted by atomic mass is 32.2. The van der Waals surface area contributed by atoms with E-state index in [0.717, 1.165) is 18.5 Å². The second kappa shape index (κ2) is 9.61. The number of carbonyl (C=O) groups excluding carboxylic acids is 1. The number of thioether (sulfide) groups is 1. The van der Waals surface area contributed by atoms with Gasteiger partial charge in [0.25, 0.3) is 11.5 Å². The van der Waals surface area contributed by atoms with E-state index >= 15 is 0 Å². The molecular formula is C29H24N4O2S2. The Kier molecular flexibility index (Phi) is 6.14. The first-order chi connectivity index (χ1) is 18.0. The maximum Gasteiger partial charge on any atom is 0.267 e. The van der Waals surface area contributed by atoms with Gasteiger partial charge in [-0.05, 0) is 48.2 Å². The van der Waals surface area contributed by atoms with E-state index in [1.807, 2.05) is 55.5 Å². The molecule has 8 heteroatoms. The first-order valence-electron chi connectivity index (χ1n) is 12.2. The van der Waals surface area contributed by atoms with Crippen LogP contribution in [-0.2, 0) is 17.8 Å². The molecule has 2 aliphatic heterocycles. The van der Waals surface area contributed by atoms with Crippen LogP contribution in [0.3, 0.4) is 0 Å². The van der Waals surface area contributed by atoms with Gasteiger partial charge in [0.2, 0.25) is 0 Å². The van der Waals surface area contributed by atoms with Crippen LogP contribution in [0.1, 0.15) is 35.2 Å². The molecule has 4 heterocycles. The zero-order valence-electron chi connectivity index (χ0n) is 20.2. The van der Waals surface area contributed by atoms with Crippen LogP contribution in [0.15, 0.2) is 88.7 Å². The normalized spacial score (nSPS) is 17.5. The van der Waals surface area contributed by atoms with Crippen LogP contribution >= 0.6 is 24.0 Å². The number of anilines is 1. The van der Waals surface area contributed by atoms with E-state index in [9.17, 15) is 9.59 Å². The van der Waals surface area contributed by atoms with Gasteiger partial charge >= 0.3 is 0 Å². The van der Waals surface area contributed by atoms with Gasteiger partial charge in [-0.2, -0.15) is 0 Å². The molecule has 1 amide bonds. The second-order valence-electron chi connectivity index (χ2n) is 9.16. The summed E-state index contributed by atoms with van der Waals surface area (Å²) in [7, 11) is 0. The maximum absolute atomic E-state index is 13.7. The summed E-state index contributed by atoms with van der Waals surface area (Å²) in [4.78, 5) is 36.4. The standard InChI is InChI=1S/C29H24N4O2S2/c1-19(20-9-3-2-4-10-20)33-28(35)24(37-29(33)36)17-23-26(30-25-13-7-8-15-32(25)27(23)34)31-16-14-21-11-5-6-12-22(21)18-31/h2-13,15,17,19H,14,16,18H2,1H3/b24-17-/t19-/m1/s1. The van der Waals surface area contributed by atoms with E-state index in [2.05, 4.69) is 23.1 Å². The van der Waals surface area contributed by atoms with Crippen LogP contribution in [0.4, 0.5) is 5.82 Å². The number of thiocarbonyl (C=S) groups is 1. The van der Waals surface area contributed by atoms with Crippen molar-refractivity contribution >= 4 is 51.7 Å². The van der Waals surface area contributed by atoms with E-state index < -0.39 is 0 Å². The molecule has 6 rings (SSSR count). The fourth-order valence-electron chi connectivity index (χ4n) is 4.96. The van der Waals surface area contributed by atoms with E-state index in [0.29, 0.717) is 32.8 Å². The Bertz CT molecular complexity index is 1630. The highest BCUT2D eigenvalue weighted by molar-refractivity contribution is 8.26. The lowest BCUT2D eigenvalue weighted by Crippen LogP contribution is -2.34. The van der Waals surface area contributed by atoms with Crippen molar-refractivity contribution in [2.24, 2.45) is 0 Å². The Morgan fingerprint density at radius 3 is 2.51 bits per heavy atom. The minimum Gasteiger partial charge on any atom is -0.351 e. The van der Waals surface area contributed by atoms with Gasteiger partial charge in [-0.1, -0.05) is 84.6 Å². The van der Waals surface area contributed by atoms with Crippen molar-refractivity contribution in [3.8, 4) is 0 Å². The molecule has 2 aliphatic rings. The van der Waals surface area contributed by atoms with Crippen LogP contribution in [-0.4, -0.2) is 31.1 Å². The number of nitrogens with zero attached hydrogens (tertiary/aromatic N) is 4. The number of fused-ring (bicyclic) bond motifs is 2. The van der Waals surface area contributed by atoms with Crippen molar-refractivity contribution < 1.29 is 4.79 Å². The van der Waals surface area contributed by atoms with Gasteiger partial charge in [0.15, 0.2) is 0 Å². The zero-order chi connectivity index (χ0) is 25.5. The van der Waals surface area contributed by atoms with Crippen molar-refractivity contribution in [2.75, 3.05) is 11.4 Å². The van der Waals surface area contributed by atoms with Gasteiger partial charge in [0.1, 0.15) is 15.8 Å². The SMILES string of the molecule is C[C@H](c1ccccc1)N1C(=O)/C(=C/c2c(N3CCc4ccccc4C3)nc3ccccn3c2=O)SC1=S. The summed E-state index contributed by atoms with van der Waals surface area (Å²) in [5, 5.41) is 0. The number of rotatable bonds is 4. The van der Waals surface area contributed by atoms with Gasteiger partial charge in [-0.3, -0.25) is 18.9 Å². The summed E-state index contributed by atoms with van der Waals surface area (Å²) < 4.78 is 2.01. The molecule has 0 radical (unpaired) electrons. The summed E-state index contributed by atoms with van der Waals surface area (Å²) in [6.45, 7) is 3.35. The fraction of sp³-hybridized carbons (Fsp3) is 0.172. The first kappa shape index (κ1) is 23.6. The average Bonchev–Trinajstić information content (AvgIpc) is 3.22. The van der Waals surface area contributed by atoms with Crippen LogP contribution < -0.4 is 10.5 Å². The quantitative estimate of drug-likeness (QED) is 0.270. The molecular weight excluding hydrogens is 500 g/mol. The molecule has 37 heavy (non-hydrogen) atoms. The summed E-state index contributed by atoms with van der Waals surface area (Å²) in [6, 6.07) is 23.4. The first-order valence-corrected chi connectivity index (χ1v) is 13.4. The number of hydrogen-bond acceptors (Lipinski definition) is 6. The molecule has 0 spiro atoms. The van der Waals surface area contributed by atoms with Crippen LogP contribution in [0.2, 0.25) is 0 Å². The lowest BCUT2D eigenvalue weighted by molar-refractivity contribution is -0.123. The van der Waals surface area contributed by atoms with Crippen molar-refractivity contribution in [1.29, 1.82) is 0 Å². The van der Waals surface area contributed by atoms with Crippen LogP contribution in [0.25, 0.3) is 11.7 Å². The number of amides is 1. The van der Waals surface area contributed by atoms with Gasteiger partial charge in [0.05, 0.1) is 16.5 Å². The van der Waals surface area contributed by atoms with Crippen molar-refractivity contribution in [3.63, 3.8) is 0 Å². The summed E-state index contributed by atoms with van der Waals surface area (Å²) in [6.07, 6.45) is 4.25. The number of pyridine rings is 1. The Hall–Kier alpha value is -3.75. The fourth-order valence-corrected chi connectivity index (χ4v) is 6.36.